The number of rotatable bonds is 5. The summed E-state index contributed by atoms with van der Waals surface area (Å²) in [7, 11) is -0.823. The van der Waals surface area contributed by atoms with E-state index >= 15 is 0 Å². The second kappa shape index (κ2) is 12.5. The second-order valence-electron chi connectivity index (χ2n) is 12.4. The molecule has 0 amide bonds. The summed E-state index contributed by atoms with van der Waals surface area (Å²) in [6.07, 6.45) is 9.98. The SMILES string of the molecule is C/C=C\C.C=C/C=C(\C=C)P(c1ccccc1)c1ccc2c(c1)-c1ccccc1C21c2ccccc2-c2c1ccc1oc3ccccc3c21. The average Bonchev–Trinajstić information content (AvgIpc) is 3.79. The fourth-order valence-corrected chi connectivity index (χ4v) is 10.2. The van der Waals surface area contributed by atoms with E-state index in [0.717, 1.165) is 16.6 Å². The first kappa shape index (κ1) is 30.8. The molecule has 6 aromatic carbocycles. The summed E-state index contributed by atoms with van der Waals surface area (Å²) >= 11 is 0. The van der Waals surface area contributed by atoms with Crippen molar-refractivity contribution in [2.75, 3.05) is 0 Å². The molecule has 2 atom stereocenters. The number of furan rings is 1. The summed E-state index contributed by atoms with van der Waals surface area (Å²) in [6.45, 7) is 12.2. The molecule has 9 rings (SSSR count). The Morgan fingerprint density at radius 2 is 1.22 bits per heavy atom. The van der Waals surface area contributed by atoms with Crippen LogP contribution in [0.5, 0.6) is 0 Å². The van der Waals surface area contributed by atoms with Crippen molar-refractivity contribution in [3.8, 4) is 22.3 Å². The van der Waals surface area contributed by atoms with Crippen LogP contribution in [0.4, 0.5) is 0 Å². The molecular formula is C47H37OP. The van der Waals surface area contributed by atoms with Gasteiger partial charge in [-0.3, -0.25) is 0 Å². The largest absolute Gasteiger partial charge is 0.456 e. The topological polar surface area (TPSA) is 13.1 Å². The van der Waals surface area contributed by atoms with Crippen molar-refractivity contribution in [2.24, 2.45) is 0 Å². The molecule has 0 radical (unpaired) electrons. The Morgan fingerprint density at radius 3 is 1.96 bits per heavy atom. The van der Waals surface area contributed by atoms with Gasteiger partial charge in [-0.15, -0.1) is 0 Å². The minimum absolute atomic E-state index is 0.420. The average molecular weight is 649 g/mol. The molecule has 236 valence electrons. The Bertz CT molecular complexity index is 2450. The summed E-state index contributed by atoms with van der Waals surface area (Å²) in [5.74, 6) is 0. The molecule has 1 spiro atoms. The van der Waals surface area contributed by atoms with E-state index in [-0.39, 0.29) is 0 Å². The third kappa shape index (κ3) is 4.57. The van der Waals surface area contributed by atoms with Crippen LogP contribution < -0.4 is 10.6 Å². The van der Waals surface area contributed by atoms with E-state index in [0.29, 0.717) is 0 Å². The third-order valence-electron chi connectivity index (χ3n) is 9.94. The highest BCUT2D eigenvalue weighted by molar-refractivity contribution is 7.77. The number of allylic oxidation sites excluding steroid dienone is 6. The van der Waals surface area contributed by atoms with E-state index < -0.39 is 13.3 Å². The fourth-order valence-electron chi connectivity index (χ4n) is 7.95. The lowest BCUT2D eigenvalue weighted by Crippen LogP contribution is -2.26. The molecule has 2 aliphatic rings. The van der Waals surface area contributed by atoms with E-state index in [1.807, 2.05) is 44.2 Å². The molecule has 49 heavy (non-hydrogen) atoms. The molecule has 0 fully saturated rings. The van der Waals surface area contributed by atoms with Crippen LogP contribution in [0.3, 0.4) is 0 Å². The van der Waals surface area contributed by atoms with Gasteiger partial charge in [-0.1, -0.05) is 159 Å². The van der Waals surface area contributed by atoms with Crippen LogP contribution in [0.2, 0.25) is 0 Å². The van der Waals surface area contributed by atoms with Gasteiger partial charge in [0, 0.05) is 10.8 Å². The molecule has 2 unspecified atom stereocenters. The van der Waals surface area contributed by atoms with Gasteiger partial charge in [-0.25, -0.2) is 0 Å². The predicted octanol–water partition coefficient (Wildman–Crippen LogP) is 12.2. The number of fused-ring (bicyclic) bond motifs is 14. The van der Waals surface area contributed by atoms with Gasteiger partial charge in [0.2, 0.25) is 0 Å². The third-order valence-corrected chi connectivity index (χ3v) is 12.4. The molecule has 2 heteroatoms. The Hall–Kier alpha value is -5.49. The quantitative estimate of drug-likeness (QED) is 0.103. The zero-order valence-corrected chi connectivity index (χ0v) is 28.8. The molecule has 0 bridgehead atoms. The first-order chi connectivity index (χ1) is 24.2. The van der Waals surface area contributed by atoms with Gasteiger partial charge in [0.05, 0.1) is 5.41 Å². The summed E-state index contributed by atoms with van der Waals surface area (Å²) in [5, 5.41) is 6.16. The molecule has 1 aromatic heterocycles. The van der Waals surface area contributed by atoms with Crippen molar-refractivity contribution in [1.82, 2.24) is 0 Å². The first-order valence-electron chi connectivity index (χ1n) is 16.8. The maximum atomic E-state index is 6.40. The molecule has 1 nitrogen and oxygen atoms in total. The highest BCUT2D eigenvalue weighted by Crippen LogP contribution is 2.64. The van der Waals surface area contributed by atoms with Crippen molar-refractivity contribution in [3.63, 3.8) is 0 Å². The number of hydrogen-bond acceptors (Lipinski definition) is 1. The van der Waals surface area contributed by atoms with E-state index in [4.69, 9.17) is 4.42 Å². The van der Waals surface area contributed by atoms with E-state index in [9.17, 15) is 0 Å². The van der Waals surface area contributed by atoms with Crippen molar-refractivity contribution in [2.45, 2.75) is 19.3 Å². The lowest BCUT2D eigenvalue weighted by atomic mass is 9.70. The summed E-state index contributed by atoms with van der Waals surface area (Å²) < 4.78 is 6.40. The van der Waals surface area contributed by atoms with Gasteiger partial charge in [0.1, 0.15) is 11.2 Å². The molecule has 0 saturated heterocycles. The lowest BCUT2D eigenvalue weighted by molar-refractivity contribution is 0.668. The van der Waals surface area contributed by atoms with Crippen LogP contribution in [0.1, 0.15) is 36.1 Å². The Labute approximate surface area is 290 Å². The second-order valence-corrected chi connectivity index (χ2v) is 14.6. The number of benzene rings is 6. The zero-order valence-electron chi connectivity index (χ0n) is 27.9. The summed E-state index contributed by atoms with van der Waals surface area (Å²) in [4.78, 5) is 0. The molecule has 7 aromatic rings. The van der Waals surface area contributed by atoms with Crippen LogP contribution in [0.15, 0.2) is 187 Å². The zero-order chi connectivity index (χ0) is 33.5. The molecule has 2 aliphatic carbocycles. The number of para-hydroxylation sites is 1. The monoisotopic (exact) mass is 648 g/mol. The van der Waals surface area contributed by atoms with Gasteiger partial charge >= 0.3 is 0 Å². The molecular weight excluding hydrogens is 611 g/mol. The maximum Gasteiger partial charge on any atom is 0.136 e. The predicted molar refractivity (Wildman–Crippen MR) is 212 cm³/mol. The van der Waals surface area contributed by atoms with E-state index in [2.05, 4.69) is 147 Å². The van der Waals surface area contributed by atoms with Crippen molar-refractivity contribution >= 4 is 40.5 Å². The van der Waals surface area contributed by atoms with Crippen molar-refractivity contribution < 1.29 is 4.42 Å². The van der Waals surface area contributed by atoms with Crippen LogP contribution in [0.25, 0.3) is 44.2 Å². The van der Waals surface area contributed by atoms with E-state index in [1.54, 1.807) is 0 Å². The molecule has 0 saturated carbocycles. The summed E-state index contributed by atoms with van der Waals surface area (Å²) in [5.41, 5.74) is 11.9. The fraction of sp³-hybridized carbons (Fsp3) is 0.0638. The van der Waals surface area contributed by atoms with Crippen molar-refractivity contribution in [1.29, 1.82) is 0 Å². The maximum absolute atomic E-state index is 6.40. The van der Waals surface area contributed by atoms with E-state index in [1.165, 1.54) is 65.8 Å². The highest BCUT2D eigenvalue weighted by atomic mass is 31.1. The normalized spacial score (nSPS) is 16.2. The molecule has 1 heterocycles. The van der Waals surface area contributed by atoms with Crippen molar-refractivity contribution in [3.05, 3.63) is 205 Å². The van der Waals surface area contributed by atoms with Gasteiger partial charge in [-0.05, 0) is 100 Å². The van der Waals surface area contributed by atoms with Crippen LogP contribution in [-0.2, 0) is 5.41 Å². The minimum atomic E-state index is -0.823. The highest BCUT2D eigenvalue weighted by Gasteiger charge is 2.52. The first-order valence-corrected chi connectivity index (χ1v) is 18.2. The van der Waals surface area contributed by atoms with Gasteiger partial charge in [0.25, 0.3) is 0 Å². The Kier molecular flexibility index (Phi) is 7.87. The van der Waals surface area contributed by atoms with Gasteiger partial charge in [0.15, 0.2) is 0 Å². The Balaban J connectivity index is 0.000000829. The minimum Gasteiger partial charge on any atom is -0.456 e. The van der Waals surface area contributed by atoms with Gasteiger partial charge < -0.3 is 4.42 Å². The summed E-state index contributed by atoms with van der Waals surface area (Å²) in [6, 6.07) is 49.0. The number of hydrogen-bond donors (Lipinski definition) is 0. The van der Waals surface area contributed by atoms with Crippen LogP contribution >= 0.6 is 7.92 Å². The van der Waals surface area contributed by atoms with Gasteiger partial charge in [-0.2, -0.15) is 0 Å². The molecule has 0 aliphatic heterocycles. The molecule has 0 N–H and O–H groups in total. The van der Waals surface area contributed by atoms with Crippen LogP contribution in [0, 0.1) is 0 Å². The lowest BCUT2D eigenvalue weighted by Gasteiger charge is -2.30. The standard InChI is InChI=1S/C43H29OP.C4H8/c1-3-14-28(4-2)45(29-15-6-5-7-16-29)30-23-24-37-34(27-30)31-17-8-11-20-35(31)43(37)36-21-12-9-18-32(36)41-38(43)25-26-40-42(41)33-19-10-13-22-39(33)44-40;1-3-4-2/h3-27H,1-2H2;3-4H,1-2H3/b28-14+;4-3-. The smallest absolute Gasteiger partial charge is 0.136 e. The van der Waals surface area contributed by atoms with Crippen LogP contribution in [-0.4, -0.2) is 0 Å². The Morgan fingerprint density at radius 1 is 0.592 bits per heavy atom.